The Morgan fingerprint density at radius 2 is 1.81 bits per heavy atom. The number of pyridine rings is 1. The first kappa shape index (κ1) is 21.6. The van der Waals surface area contributed by atoms with Gasteiger partial charge in [0, 0.05) is 31.0 Å². The Balaban J connectivity index is 1.53. The third-order valence-corrected chi connectivity index (χ3v) is 6.08. The molecule has 2 heterocycles. The Morgan fingerprint density at radius 3 is 2.56 bits per heavy atom. The van der Waals surface area contributed by atoms with Gasteiger partial charge in [-0.3, -0.25) is 14.6 Å². The Bertz CT molecular complexity index is 1070. The van der Waals surface area contributed by atoms with Crippen molar-refractivity contribution in [2.24, 2.45) is 11.1 Å². The van der Waals surface area contributed by atoms with Gasteiger partial charge in [0.15, 0.2) is 6.61 Å². The summed E-state index contributed by atoms with van der Waals surface area (Å²) in [6, 6.07) is 21.1. The van der Waals surface area contributed by atoms with Crippen LogP contribution in [0, 0.1) is 5.41 Å². The molecule has 6 heteroatoms. The Morgan fingerprint density at radius 1 is 1.03 bits per heavy atom. The first-order valence-corrected chi connectivity index (χ1v) is 10.8. The van der Waals surface area contributed by atoms with Crippen LogP contribution in [-0.2, 0) is 16.0 Å². The van der Waals surface area contributed by atoms with Crippen molar-refractivity contribution in [2.45, 2.75) is 19.3 Å². The quantitative estimate of drug-likeness (QED) is 0.623. The summed E-state index contributed by atoms with van der Waals surface area (Å²) in [5, 5.41) is 0. The minimum atomic E-state index is -0.820. The van der Waals surface area contributed by atoms with Crippen LogP contribution in [0.25, 0.3) is 11.1 Å². The average molecular weight is 430 g/mol. The molecule has 0 unspecified atom stereocenters. The molecule has 2 aromatic carbocycles. The van der Waals surface area contributed by atoms with Gasteiger partial charge in [-0.2, -0.15) is 0 Å². The van der Waals surface area contributed by atoms with Crippen molar-refractivity contribution in [1.82, 2.24) is 9.88 Å². The number of benzene rings is 2. The molecule has 6 nitrogen and oxygen atoms in total. The number of aromatic nitrogens is 1. The predicted molar refractivity (Wildman–Crippen MR) is 123 cm³/mol. The number of hydrogen-bond acceptors (Lipinski definition) is 4. The second-order valence-electron chi connectivity index (χ2n) is 8.24. The first-order chi connectivity index (χ1) is 15.6. The fourth-order valence-corrected chi connectivity index (χ4v) is 4.37. The van der Waals surface area contributed by atoms with Gasteiger partial charge in [-0.05, 0) is 48.6 Å². The number of piperidine rings is 1. The lowest BCUT2D eigenvalue weighted by molar-refractivity contribution is -0.141. The number of carbonyl (C=O) groups excluding carboxylic acids is 2. The zero-order chi connectivity index (χ0) is 22.4. The van der Waals surface area contributed by atoms with Crippen LogP contribution in [0.2, 0.25) is 0 Å². The smallest absolute Gasteiger partial charge is 0.260 e. The average Bonchev–Trinajstić information content (AvgIpc) is 2.84. The van der Waals surface area contributed by atoms with Crippen molar-refractivity contribution in [2.75, 3.05) is 19.7 Å². The molecule has 1 fully saturated rings. The van der Waals surface area contributed by atoms with E-state index in [0.717, 1.165) is 23.1 Å². The number of ether oxygens (including phenoxy) is 1. The highest BCUT2D eigenvalue weighted by molar-refractivity contribution is 5.84. The van der Waals surface area contributed by atoms with Crippen LogP contribution >= 0.6 is 0 Å². The summed E-state index contributed by atoms with van der Waals surface area (Å²) in [5.74, 6) is 0.129. The fraction of sp³-hybridized carbons (Fsp3) is 0.269. The van der Waals surface area contributed by atoms with E-state index in [2.05, 4.69) is 4.98 Å². The van der Waals surface area contributed by atoms with E-state index in [1.54, 1.807) is 11.1 Å². The van der Waals surface area contributed by atoms with Crippen LogP contribution in [0.1, 0.15) is 18.4 Å². The molecule has 1 aliphatic heterocycles. The summed E-state index contributed by atoms with van der Waals surface area (Å²) >= 11 is 0. The molecule has 164 valence electrons. The molecule has 2 amide bonds. The van der Waals surface area contributed by atoms with Gasteiger partial charge >= 0.3 is 0 Å². The van der Waals surface area contributed by atoms with Gasteiger partial charge in [-0.25, -0.2) is 0 Å². The molecule has 1 atom stereocenters. The van der Waals surface area contributed by atoms with Crippen molar-refractivity contribution in [3.8, 4) is 16.9 Å². The van der Waals surface area contributed by atoms with Crippen molar-refractivity contribution < 1.29 is 14.3 Å². The second kappa shape index (κ2) is 9.64. The minimum absolute atomic E-state index is 0.0644. The predicted octanol–water partition coefficient (Wildman–Crippen LogP) is 3.46. The largest absolute Gasteiger partial charge is 0.484 e. The summed E-state index contributed by atoms with van der Waals surface area (Å²) in [5.41, 5.74) is 8.16. The van der Waals surface area contributed by atoms with E-state index in [4.69, 9.17) is 10.5 Å². The van der Waals surface area contributed by atoms with Crippen molar-refractivity contribution in [3.05, 3.63) is 84.7 Å². The number of nitrogens with zero attached hydrogens (tertiary/aromatic N) is 2. The van der Waals surface area contributed by atoms with Crippen LogP contribution in [0.15, 0.2) is 79.1 Å². The molecule has 0 spiro atoms. The summed E-state index contributed by atoms with van der Waals surface area (Å²) in [6.45, 7) is 0.822. The molecule has 3 aromatic rings. The summed E-state index contributed by atoms with van der Waals surface area (Å²) in [4.78, 5) is 31.5. The number of nitrogens with two attached hydrogens (primary N) is 1. The molecule has 0 saturated carbocycles. The van der Waals surface area contributed by atoms with Gasteiger partial charge in [0.2, 0.25) is 5.91 Å². The Hall–Kier alpha value is -3.67. The monoisotopic (exact) mass is 429 g/mol. The lowest BCUT2D eigenvalue weighted by Gasteiger charge is -2.41. The van der Waals surface area contributed by atoms with Crippen LogP contribution in [0.4, 0.5) is 0 Å². The minimum Gasteiger partial charge on any atom is -0.484 e. The first-order valence-electron chi connectivity index (χ1n) is 10.8. The van der Waals surface area contributed by atoms with Gasteiger partial charge in [-0.15, -0.1) is 0 Å². The molecule has 32 heavy (non-hydrogen) atoms. The Labute approximate surface area is 188 Å². The Kier molecular flexibility index (Phi) is 6.50. The van der Waals surface area contributed by atoms with Gasteiger partial charge in [0.25, 0.3) is 5.91 Å². The summed E-state index contributed by atoms with van der Waals surface area (Å²) < 4.78 is 5.63. The highest BCUT2D eigenvalue weighted by Gasteiger charge is 2.42. The number of amides is 2. The molecule has 1 saturated heterocycles. The third-order valence-electron chi connectivity index (χ3n) is 6.08. The molecule has 1 aromatic heterocycles. The van der Waals surface area contributed by atoms with Crippen molar-refractivity contribution in [1.29, 1.82) is 0 Å². The van der Waals surface area contributed by atoms with Gasteiger partial charge in [-0.1, -0.05) is 48.5 Å². The highest BCUT2D eigenvalue weighted by Crippen LogP contribution is 2.36. The number of carbonyl (C=O) groups is 2. The van der Waals surface area contributed by atoms with Crippen LogP contribution in [0.3, 0.4) is 0 Å². The molecule has 0 bridgehead atoms. The van der Waals surface area contributed by atoms with Crippen molar-refractivity contribution in [3.63, 3.8) is 0 Å². The zero-order valence-corrected chi connectivity index (χ0v) is 17.9. The van der Waals surface area contributed by atoms with Crippen molar-refractivity contribution >= 4 is 11.8 Å². The molecule has 2 N–H and O–H groups in total. The van der Waals surface area contributed by atoms with E-state index in [-0.39, 0.29) is 18.4 Å². The van der Waals surface area contributed by atoms with Crippen LogP contribution in [0.5, 0.6) is 5.75 Å². The maximum Gasteiger partial charge on any atom is 0.260 e. The van der Waals surface area contributed by atoms with Gasteiger partial charge in [0.05, 0.1) is 5.41 Å². The molecular formula is C26H27N3O3. The van der Waals surface area contributed by atoms with E-state index in [1.807, 2.05) is 72.9 Å². The maximum absolute atomic E-state index is 12.9. The lowest BCUT2D eigenvalue weighted by atomic mass is 9.73. The SMILES string of the molecule is NC(=O)[C@@]1(Cc2ccccc2-c2cccnc2)CCCN(C(=O)COc2ccccc2)C1. The molecule has 0 aliphatic carbocycles. The van der Waals surface area contributed by atoms with E-state index in [1.165, 1.54) is 0 Å². The molecule has 0 radical (unpaired) electrons. The number of primary amides is 1. The standard InChI is InChI=1S/C26H27N3O3/c27-25(31)26(16-20-8-4-5-12-23(20)21-9-6-14-28-17-21)13-7-15-29(19-26)24(30)18-32-22-10-2-1-3-11-22/h1-6,8-12,14,17H,7,13,15-16,18-19H2,(H2,27,31)/t26-/m1/s1. The maximum atomic E-state index is 12.9. The highest BCUT2D eigenvalue weighted by atomic mass is 16.5. The summed E-state index contributed by atoms with van der Waals surface area (Å²) in [7, 11) is 0. The third kappa shape index (κ3) is 4.80. The normalized spacial score (nSPS) is 18.2. The fourth-order valence-electron chi connectivity index (χ4n) is 4.37. The van der Waals surface area contributed by atoms with E-state index in [9.17, 15) is 9.59 Å². The number of likely N-dealkylation sites (tertiary alicyclic amines) is 1. The lowest BCUT2D eigenvalue weighted by Crippen LogP contribution is -2.54. The molecular weight excluding hydrogens is 402 g/mol. The van der Waals surface area contributed by atoms with E-state index >= 15 is 0 Å². The van der Waals surface area contributed by atoms with Crippen LogP contribution in [-0.4, -0.2) is 41.4 Å². The second-order valence-corrected chi connectivity index (χ2v) is 8.24. The molecule has 1 aliphatic rings. The van der Waals surface area contributed by atoms with E-state index in [0.29, 0.717) is 31.7 Å². The summed E-state index contributed by atoms with van der Waals surface area (Å²) in [6.07, 6.45) is 5.38. The number of hydrogen-bond donors (Lipinski definition) is 1. The van der Waals surface area contributed by atoms with Gasteiger partial charge in [0.1, 0.15) is 5.75 Å². The zero-order valence-electron chi connectivity index (χ0n) is 17.9. The number of para-hydroxylation sites is 1. The molecule has 4 rings (SSSR count). The van der Waals surface area contributed by atoms with E-state index < -0.39 is 5.41 Å². The number of rotatable bonds is 7. The topological polar surface area (TPSA) is 85.5 Å². The van der Waals surface area contributed by atoms with Gasteiger partial charge < -0.3 is 15.4 Å². The van der Waals surface area contributed by atoms with Crippen LogP contribution < -0.4 is 10.5 Å².